The van der Waals surface area contributed by atoms with Crippen LogP contribution in [0.3, 0.4) is 0 Å². The van der Waals surface area contributed by atoms with Crippen LogP contribution >= 0.6 is 11.8 Å². The molecule has 156 valence electrons. The Hall–Kier alpha value is -2.15. The summed E-state index contributed by atoms with van der Waals surface area (Å²) in [7, 11) is 0. The minimum Gasteiger partial charge on any atom is -0.382 e. The fraction of sp³-hybridized carbons (Fsp3) is 0.364. The highest BCUT2D eigenvalue weighted by Gasteiger charge is 2.31. The van der Waals surface area contributed by atoms with E-state index in [0.29, 0.717) is 10.9 Å². The first-order valence-electron chi connectivity index (χ1n) is 9.51. The molecule has 0 spiro atoms. The number of thioether (sulfide) groups is 1. The number of hydrogen-bond acceptors (Lipinski definition) is 2. The Bertz CT molecular complexity index is 934. The van der Waals surface area contributed by atoms with Crippen LogP contribution in [0.15, 0.2) is 54.9 Å². The molecule has 0 atom stereocenters. The molecule has 0 aliphatic carbocycles. The Kier molecular flexibility index (Phi) is 6.77. The molecule has 1 saturated heterocycles. The molecule has 29 heavy (non-hydrogen) atoms. The molecule has 1 aromatic heterocycles. The summed E-state index contributed by atoms with van der Waals surface area (Å²) in [4.78, 5) is 0. The molecule has 0 bridgehead atoms. The third-order valence-electron chi connectivity index (χ3n) is 4.89. The number of benzene rings is 1. The molecule has 3 rings (SSSR count). The van der Waals surface area contributed by atoms with Crippen molar-refractivity contribution in [2.24, 2.45) is 0 Å². The van der Waals surface area contributed by atoms with Crippen molar-refractivity contribution in [3.8, 4) is 0 Å². The van der Waals surface area contributed by atoms with Crippen molar-refractivity contribution >= 4 is 33.9 Å². The van der Waals surface area contributed by atoms with Gasteiger partial charge in [0.05, 0.1) is 11.2 Å². The zero-order valence-electron chi connectivity index (χ0n) is 16.2. The standard InChI is InChI=1S/C22H24F4N2S/c1-3-4-6-17(15(2)23)21-13-18-19(27-16-9-11-29-12-10-16)7-5-8-20(18)28(21)14-22(24,25)26/h3-8,13,16,27H,2,9-12,14H2,1H3/b4-3-,17-6+. The first-order valence-corrected chi connectivity index (χ1v) is 10.7. The molecular weight excluding hydrogens is 400 g/mol. The lowest BCUT2D eigenvalue weighted by molar-refractivity contribution is -0.140. The second-order valence-electron chi connectivity index (χ2n) is 7.01. The maximum Gasteiger partial charge on any atom is 0.406 e. The van der Waals surface area contributed by atoms with Gasteiger partial charge in [-0.2, -0.15) is 24.9 Å². The highest BCUT2D eigenvalue weighted by molar-refractivity contribution is 7.99. The summed E-state index contributed by atoms with van der Waals surface area (Å²) in [5.74, 6) is 1.35. The van der Waals surface area contributed by atoms with Gasteiger partial charge in [-0.15, -0.1) is 0 Å². The van der Waals surface area contributed by atoms with E-state index in [1.54, 1.807) is 37.3 Å². The van der Waals surface area contributed by atoms with E-state index in [1.807, 2.05) is 17.8 Å². The van der Waals surface area contributed by atoms with Gasteiger partial charge in [-0.25, -0.2) is 4.39 Å². The minimum atomic E-state index is -4.44. The number of fused-ring (bicyclic) bond motifs is 1. The third-order valence-corrected chi connectivity index (χ3v) is 5.94. The Morgan fingerprint density at radius 2 is 2.03 bits per heavy atom. The lowest BCUT2D eigenvalue weighted by atomic mass is 10.1. The van der Waals surface area contributed by atoms with Crippen molar-refractivity contribution < 1.29 is 17.6 Å². The number of nitrogens with one attached hydrogen (secondary N) is 1. The predicted octanol–water partition coefficient (Wildman–Crippen LogP) is 6.95. The van der Waals surface area contributed by atoms with E-state index in [0.717, 1.165) is 34.6 Å². The summed E-state index contributed by atoms with van der Waals surface area (Å²) in [6.07, 6.45) is 2.31. The Balaban J connectivity index is 2.14. The van der Waals surface area contributed by atoms with Crippen LogP contribution in [0.25, 0.3) is 16.5 Å². The van der Waals surface area contributed by atoms with Gasteiger partial charge in [0.2, 0.25) is 0 Å². The van der Waals surface area contributed by atoms with E-state index in [9.17, 15) is 17.6 Å². The molecule has 0 unspecified atom stereocenters. The summed E-state index contributed by atoms with van der Waals surface area (Å²) < 4.78 is 55.3. The van der Waals surface area contributed by atoms with E-state index in [-0.39, 0.29) is 17.3 Å². The number of anilines is 1. The fourth-order valence-electron chi connectivity index (χ4n) is 3.55. The Morgan fingerprint density at radius 3 is 2.66 bits per heavy atom. The van der Waals surface area contributed by atoms with Crippen LogP contribution in [0.4, 0.5) is 23.2 Å². The topological polar surface area (TPSA) is 17.0 Å². The summed E-state index contributed by atoms with van der Waals surface area (Å²) in [5, 5.41) is 4.13. The van der Waals surface area contributed by atoms with E-state index >= 15 is 0 Å². The lowest BCUT2D eigenvalue weighted by Crippen LogP contribution is -2.24. The monoisotopic (exact) mass is 424 g/mol. The van der Waals surface area contributed by atoms with Crippen LogP contribution in [0.5, 0.6) is 0 Å². The second-order valence-corrected chi connectivity index (χ2v) is 8.24. The number of hydrogen-bond donors (Lipinski definition) is 1. The molecule has 1 aromatic carbocycles. The molecule has 1 N–H and O–H groups in total. The Labute approximate surface area is 172 Å². The number of alkyl halides is 3. The predicted molar refractivity (Wildman–Crippen MR) is 115 cm³/mol. The van der Waals surface area contributed by atoms with Crippen LogP contribution in [-0.4, -0.2) is 28.3 Å². The summed E-state index contributed by atoms with van der Waals surface area (Å²) >= 11 is 1.91. The number of aromatic nitrogens is 1. The second kappa shape index (κ2) is 9.11. The van der Waals surface area contributed by atoms with Gasteiger partial charge in [-0.05, 0) is 49.5 Å². The summed E-state index contributed by atoms with van der Waals surface area (Å²) in [6.45, 7) is 3.88. The maximum absolute atomic E-state index is 14.2. The highest BCUT2D eigenvalue weighted by atomic mass is 32.2. The number of halogens is 4. The zero-order valence-corrected chi connectivity index (χ0v) is 17.0. The van der Waals surface area contributed by atoms with Crippen molar-refractivity contribution in [3.05, 3.63) is 60.6 Å². The van der Waals surface area contributed by atoms with E-state index < -0.39 is 18.5 Å². The summed E-state index contributed by atoms with van der Waals surface area (Å²) in [6, 6.07) is 7.15. The van der Waals surface area contributed by atoms with Gasteiger partial charge in [0.25, 0.3) is 0 Å². The average molecular weight is 425 g/mol. The number of allylic oxidation sites excluding steroid dienone is 5. The maximum atomic E-state index is 14.2. The lowest BCUT2D eigenvalue weighted by Gasteiger charge is -2.24. The third kappa shape index (κ3) is 5.26. The van der Waals surface area contributed by atoms with Gasteiger partial charge in [-0.3, -0.25) is 0 Å². The minimum absolute atomic E-state index is 0.0450. The molecular formula is C22H24F4N2S. The zero-order chi connectivity index (χ0) is 21.0. The SMILES string of the molecule is C=C(F)/C(=C\C=C/C)c1cc2c(NC3CCSCC3)cccc2n1CC(F)(F)F. The van der Waals surface area contributed by atoms with Crippen molar-refractivity contribution in [3.63, 3.8) is 0 Å². The molecule has 1 aliphatic rings. The normalized spacial score (nSPS) is 16.7. The van der Waals surface area contributed by atoms with Gasteiger partial charge in [0, 0.05) is 22.7 Å². The van der Waals surface area contributed by atoms with E-state index in [2.05, 4.69) is 11.9 Å². The highest BCUT2D eigenvalue weighted by Crippen LogP contribution is 2.36. The van der Waals surface area contributed by atoms with Gasteiger partial charge in [0.1, 0.15) is 12.4 Å². The smallest absolute Gasteiger partial charge is 0.382 e. The van der Waals surface area contributed by atoms with Crippen molar-refractivity contribution in [2.75, 3.05) is 16.8 Å². The van der Waals surface area contributed by atoms with E-state index in [4.69, 9.17) is 0 Å². The van der Waals surface area contributed by atoms with Gasteiger partial charge >= 0.3 is 6.18 Å². The van der Waals surface area contributed by atoms with Crippen LogP contribution in [0.1, 0.15) is 25.5 Å². The molecule has 1 aliphatic heterocycles. The van der Waals surface area contributed by atoms with Crippen LogP contribution < -0.4 is 5.32 Å². The Morgan fingerprint density at radius 1 is 1.31 bits per heavy atom. The summed E-state index contributed by atoms with van der Waals surface area (Å²) in [5.41, 5.74) is 1.40. The molecule has 1 fully saturated rings. The molecule has 2 heterocycles. The number of nitrogens with zero attached hydrogens (tertiary/aromatic N) is 1. The first-order chi connectivity index (χ1) is 13.8. The molecule has 2 nitrogen and oxygen atoms in total. The van der Waals surface area contributed by atoms with Gasteiger partial charge in [0.15, 0.2) is 0 Å². The van der Waals surface area contributed by atoms with Gasteiger partial charge in [-0.1, -0.05) is 30.9 Å². The molecule has 0 amide bonds. The van der Waals surface area contributed by atoms with Gasteiger partial charge < -0.3 is 9.88 Å². The van der Waals surface area contributed by atoms with Crippen LogP contribution in [0, 0.1) is 0 Å². The number of rotatable bonds is 6. The van der Waals surface area contributed by atoms with Crippen molar-refractivity contribution in [1.29, 1.82) is 0 Å². The van der Waals surface area contributed by atoms with E-state index in [1.165, 1.54) is 6.08 Å². The van der Waals surface area contributed by atoms with Crippen molar-refractivity contribution in [1.82, 2.24) is 4.57 Å². The molecule has 0 radical (unpaired) electrons. The largest absolute Gasteiger partial charge is 0.406 e. The first kappa shape index (κ1) is 21.6. The molecule has 0 saturated carbocycles. The average Bonchev–Trinajstić information content (AvgIpc) is 3.00. The van der Waals surface area contributed by atoms with Crippen LogP contribution in [0.2, 0.25) is 0 Å². The molecule has 7 heteroatoms. The fourth-order valence-corrected chi connectivity index (χ4v) is 4.66. The van der Waals surface area contributed by atoms with Crippen LogP contribution in [-0.2, 0) is 6.54 Å². The molecule has 2 aromatic rings. The quantitative estimate of drug-likeness (QED) is 0.399. The van der Waals surface area contributed by atoms with Crippen molar-refractivity contribution in [2.45, 2.75) is 38.5 Å².